The van der Waals surface area contributed by atoms with Crippen LogP contribution >= 0.6 is 0 Å². The minimum atomic E-state index is -0.109. The molecule has 1 aliphatic heterocycles. The quantitative estimate of drug-likeness (QED) is 0.802. The number of nitrogens with one attached hydrogen (secondary N) is 2. The van der Waals surface area contributed by atoms with E-state index in [9.17, 15) is 9.59 Å². The molecule has 0 aliphatic carbocycles. The van der Waals surface area contributed by atoms with Crippen molar-refractivity contribution < 1.29 is 9.59 Å². The molecule has 0 spiro atoms. The third-order valence-corrected chi connectivity index (χ3v) is 5.64. The third-order valence-electron chi connectivity index (χ3n) is 5.64. The minimum Gasteiger partial charge on any atom is -0.363 e. The van der Waals surface area contributed by atoms with Crippen LogP contribution in [0.15, 0.2) is 36.4 Å². The van der Waals surface area contributed by atoms with Gasteiger partial charge in [-0.25, -0.2) is 4.98 Å². The summed E-state index contributed by atoms with van der Waals surface area (Å²) in [6.45, 7) is 10.3. The first-order chi connectivity index (χ1) is 13.9. The maximum atomic E-state index is 12.5. The molecule has 2 amide bonds. The number of aromatic nitrogens is 1. The molecular formula is C23H30N4O2. The van der Waals surface area contributed by atoms with Crippen LogP contribution in [0.1, 0.15) is 61.8 Å². The zero-order valence-electron chi connectivity index (χ0n) is 17.8. The summed E-state index contributed by atoms with van der Waals surface area (Å²) in [6, 6.07) is 11.5. The zero-order valence-corrected chi connectivity index (χ0v) is 17.8. The number of hydrogen-bond acceptors (Lipinski definition) is 4. The Morgan fingerprint density at radius 3 is 2.55 bits per heavy atom. The summed E-state index contributed by atoms with van der Waals surface area (Å²) in [6.07, 6.45) is 0.845. The number of rotatable bonds is 5. The van der Waals surface area contributed by atoms with Crippen molar-refractivity contribution in [2.45, 2.75) is 53.1 Å². The lowest BCUT2D eigenvalue weighted by Gasteiger charge is -2.45. The zero-order chi connectivity index (χ0) is 21.1. The number of benzene rings is 1. The molecule has 1 aliphatic rings. The van der Waals surface area contributed by atoms with Crippen LogP contribution in [-0.2, 0) is 4.79 Å². The Kier molecular flexibility index (Phi) is 6.20. The van der Waals surface area contributed by atoms with Crippen LogP contribution in [0, 0.1) is 12.8 Å². The summed E-state index contributed by atoms with van der Waals surface area (Å²) in [7, 11) is 0. The Morgan fingerprint density at radius 1 is 1.17 bits per heavy atom. The first-order valence-corrected chi connectivity index (χ1v) is 10.3. The molecule has 0 saturated carbocycles. The molecule has 3 atom stereocenters. The number of fused-ring (bicyclic) bond motifs is 1. The monoisotopic (exact) mass is 394 g/mol. The summed E-state index contributed by atoms with van der Waals surface area (Å²) in [5.74, 6) is 0.843. The van der Waals surface area contributed by atoms with E-state index >= 15 is 0 Å². The van der Waals surface area contributed by atoms with Crippen LogP contribution in [0.3, 0.4) is 0 Å². The molecule has 2 heterocycles. The van der Waals surface area contributed by atoms with Gasteiger partial charge in [0.15, 0.2) is 0 Å². The van der Waals surface area contributed by atoms with Crippen LogP contribution in [0.2, 0.25) is 0 Å². The average molecular weight is 395 g/mol. The normalized spacial score (nSPS) is 20.7. The highest BCUT2D eigenvalue weighted by atomic mass is 16.2. The average Bonchev–Trinajstić information content (AvgIpc) is 2.69. The Bertz CT molecular complexity index is 912. The van der Waals surface area contributed by atoms with Crippen molar-refractivity contribution in [3.05, 3.63) is 53.2 Å². The first-order valence-electron chi connectivity index (χ1n) is 10.3. The summed E-state index contributed by atoms with van der Waals surface area (Å²) in [5, 5.41) is 6.42. The molecule has 6 heteroatoms. The van der Waals surface area contributed by atoms with Crippen molar-refractivity contribution in [3.8, 4) is 0 Å². The van der Waals surface area contributed by atoms with Gasteiger partial charge in [0.2, 0.25) is 5.91 Å². The van der Waals surface area contributed by atoms with Crippen molar-refractivity contribution in [1.29, 1.82) is 0 Å². The Hall–Kier alpha value is -2.89. The van der Waals surface area contributed by atoms with Gasteiger partial charge in [-0.2, -0.15) is 0 Å². The van der Waals surface area contributed by atoms with Gasteiger partial charge < -0.3 is 15.5 Å². The van der Waals surface area contributed by atoms with Gasteiger partial charge in [0.25, 0.3) is 5.91 Å². The van der Waals surface area contributed by atoms with Gasteiger partial charge in [0.05, 0.1) is 6.04 Å². The number of pyridine rings is 1. The van der Waals surface area contributed by atoms with Crippen LogP contribution in [0.5, 0.6) is 0 Å². The maximum absolute atomic E-state index is 12.5. The van der Waals surface area contributed by atoms with Gasteiger partial charge >= 0.3 is 0 Å². The highest BCUT2D eigenvalue weighted by molar-refractivity contribution is 5.98. The van der Waals surface area contributed by atoms with Gasteiger partial charge in [-0.05, 0) is 56.2 Å². The molecule has 0 fully saturated rings. The number of amides is 2. The van der Waals surface area contributed by atoms with Gasteiger partial charge in [-0.1, -0.05) is 19.9 Å². The van der Waals surface area contributed by atoms with Crippen molar-refractivity contribution in [1.82, 2.24) is 10.3 Å². The van der Waals surface area contributed by atoms with E-state index in [4.69, 9.17) is 0 Å². The number of anilines is 2. The van der Waals surface area contributed by atoms with Crippen molar-refractivity contribution in [3.63, 3.8) is 0 Å². The Balaban J connectivity index is 2.11. The lowest BCUT2D eigenvalue weighted by Crippen LogP contribution is -2.49. The second-order valence-electron chi connectivity index (χ2n) is 7.64. The highest BCUT2D eigenvalue weighted by Gasteiger charge is 2.40. The number of carbonyl (C=O) groups is 2. The van der Waals surface area contributed by atoms with E-state index in [1.807, 2.05) is 49.1 Å². The standard InChI is InChI=1S/C23H30N4O2/c1-6-19-15(4)22(26-21-10-8-9-14(3)25-21)18-13-17(23(29)24-7-2)11-12-20(18)27(19)16(5)28/h8-13,15,19,22H,6-7H2,1-5H3,(H,24,29)(H,25,26). The van der Waals surface area contributed by atoms with Crippen molar-refractivity contribution in [2.24, 2.45) is 5.92 Å². The largest absolute Gasteiger partial charge is 0.363 e. The third kappa shape index (κ3) is 4.11. The molecule has 3 unspecified atom stereocenters. The number of nitrogens with zero attached hydrogens (tertiary/aromatic N) is 2. The molecule has 2 N–H and O–H groups in total. The molecule has 3 rings (SSSR count). The van der Waals surface area contributed by atoms with E-state index in [0.717, 1.165) is 29.2 Å². The highest BCUT2D eigenvalue weighted by Crippen LogP contribution is 2.43. The fourth-order valence-corrected chi connectivity index (χ4v) is 4.30. The topological polar surface area (TPSA) is 74.3 Å². The lowest BCUT2D eigenvalue weighted by atomic mass is 9.80. The summed E-state index contributed by atoms with van der Waals surface area (Å²) < 4.78 is 0. The molecule has 154 valence electrons. The van der Waals surface area contributed by atoms with E-state index in [0.29, 0.717) is 12.1 Å². The van der Waals surface area contributed by atoms with Crippen LogP contribution in [-0.4, -0.2) is 29.4 Å². The van der Waals surface area contributed by atoms with Gasteiger partial charge in [-0.3, -0.25) is 9.59 Å². The maximum Gasteiger partial charge on any atom is 0.251 e. The van der Waals surface area contributed by atoms with Gasteiger partial charge in [-0.15, -0.1) is 0 Å². The molecule has 29 heavy (non-hydrogen) atoms. The molecule has 1 aromatic carbocycles. The second kappa shape index (κ2) is 8.64. The van der Waals surface area contributed by atoms with Gasteiger partial charge in [0.1, 0.15) is 5.82 Å². The number of hydrogen-bond donors (Lipinski definition) is 2. The van der Waals surface area contributed by atoms with E-state index in [-0.39, 0.29) is 29.8 Å². The van der Waals surface area contributed by atoms with Gasteiger partial charge in [0, 0.05) is 42.4 Å². The predicted molar refractivity (Wildman–Crippen MR) is 116 cm³/mol. The minimum absolute atomic E-state index is 0.0165. The Morgan fingerprint density at radius 2 is 1.93 bits per heavy atom. The van der Waals surface area contributed by atoms with E-state index in [1.165, 1.54) is 0 Å². The molecular weight excluding hydrogens is 364 g/mol. The molecule has 6 nitrogen and oxygen atoms in total. The Labute approximate surface area is 172 Å². The van der Waals surface area contributed by atoms with E-state index in [2.05, 4.69) is 29.5 Å². The van der Waals surface area contributed by atoms with E-state index < -0.39 is 0 Å². The molecule has 0 saturated heterocycles. The molecule has 2 aromatic rings. The molecule has 0 bridgehead atoms. The lowest BCUT2D eigenvalue weighted by molar-refractivity contribution is -0.117. The number of aryl methyl sites for hydroxylation is 1. The molecule has 1 aromatic heterocycles. The second-order valence-corrected chi connectivity index (χ2v) is 7.64. The van der Waals surface area contributed by atoms with Crippen molar-refractivity contribution in [2.75, 3.05) is 16.8 Å². The fraction of sp³-hybridized carbons (Fsp3) is 0.435. The van der Waals surface area contributed by atoms with Crippen LogP contribution in [0.4, 0.5) is 11.5 Å². The van der Waals surface area contributed by atoms with Crippen molar-refractivity contribution >= 4 is 23.3 Å². The van der Waals surface area contributed by atoms with Crippen LogP contribution < -0.4 is 15.5 Å². The molecule has 0 radical (unpaired) electrons. The first kappa shape index (κ1) is 20.8. The smallest absolute Gasteiger partial charge is 0.251 e. The van der Waals surface area contributed by atoms with Crippen LogP contribution in [0.25, 0.3) is 0 Å². The summed E-state index contributed by atoms with van der Waals surface area (Å²) >= 11 is 0. The predicted octanol–water partition coefficient (Wildman–Crippen LogP) is 4.07. The van der Waals surface area contributed by atoms with E-state index in [1.54, 1.807) is 13.0 Å². The fourth-order valence-electron chi connectivity index (χ4n) is 4.30. The number of carbonyl (C=O) groups excluding carboxylic acids is 2. The SMILES string of the molecule is CCNC(=O)c1ccc2c(c1)C(Nc1cccc(C)n1)C(C)C(CC)N2C(C)=O. The summed E-state index contributed by atoms with van der Waals surface area (Å²) in [4.78, 5) is 31.4. The summed E-state index contributed by atoms with van der Waals surface area (Å²) in [5.41, 5.74) is 3.34.